The molecule has 0 saturated carbocycles. The van der Waals surface area contributed by atoms with E-state index in [2.05, 4.69) is 24.4 Å². The van der Waals surface area contributed by atoms with Gasteiger partial charge in [-0.3, -0.25) is 0 Å². The van der Waals surface area contributed by atoms with Crippen molar-refractivity contribution in [3.63, 3.8) is 0 Å². The summed E-state index contributed by atoms with van der Waals surface area (Å²) in [6.07, 6.45) is 1.26. The van der Waals surface area contributed by atoms with Crippen LogP contribution in [-0.4, -0.2) is 40.6 Å². The van der Waals surface area contributed by atoms with E-state index in [0.29, 0.717) is 6.54 Å². The minimum Gasteiger partial charge on any atom is -0.374 e. The number of rotatable bonds is 7. The van der Waals surface area contributed by atoms with Gasteiger partial charge in [-0.05, 0) is 24.2 Å². The Morgan fingerprint density at radius 1 is 1.22 bits per heavy atom. The summed E-state index contributed by atoms with van der Waals surface area (Å²) < 4.78 is 22.2. The summed E-state index contributed by atoms with van der Waals surface area (Å²) in [6, 6.07) is 8.17. The van der Waals surface area contributed by atoms with Gasteiger partial charge in [0.05, 0.1) is 5.75 Å². The van der Waals surface area contributed by atoms with Gasteiger partial charge in [0.15, 0.2) is 0 Å². The Balaban J connectivity index is 2.56. The highest BCUT2D eigenvalue weighted by atomic mass is 32.2. The van der Waals surface area contributed by atoms with E-state index in [1.54, 1.807) is 0 Å². The first-order valence-corrected chi connectivity index (χ1v) is 8.17. The number of sulfone groups is 1. The lowest BCUT2D eigenvalue weighted by Gasteiger charge is -2.19. The minimum absolute atomic E-state index is 0.183. The number of nitrogens with zero attached hydrogens (tertiary/aromatic N) is 1. The summed E-state index contributed by atoms with van der Waals surface area (Å²) in [4.78, 5) is 1.96. The van der Waals surface area contributed by atoms with Crippen LogP contribution in [0.4, 0.5) is 5.69 Å². The van der Waals surface area contributed by atoms with Crippen LogP contribution in [0, 0.1) is 0 Å². The van der Waals surface area contributed by atoms with Crippen molar-refractivity contribution in [1.82, 2.24) is 5.32 Å². The van der Waals surface area contributed by atoms with Crippen LogP contribution >= 0.6 is 0 Å². The molecular formula is C13H22N2O2S. The number of nitrogens with one attached hydrogen (secondary N) is 1. The molecule has 1 N–H and O–H groups in total. The first kappa shape index (κ1) is 15.0. The van der Waals surface area contributed by atoms with Crippen molar-refractivity contribution in [3.8, 4) is 0 Å². The molecule has 5 heteroatoms. The summed E-state index contributed by atoms with van der Waals surface area (Å²) >= 11 is 0. The molecule has 0 fully saturated rings. The third-order valence-corrected chi connectivity index (χ3v) is 3.68. The van der Waals surface area contributed by atoms with Crippen LogP contribution in [0.15, 0.2) is 24.3 Å². The van der Waals surface area contributed by atoms with E-state index in [9.17, 15) is 8.42 Å². The molecule has 1 rings (SSSR count). The minimum atomic E-state index is -2.90. The number of hydrogen-bond acceptors (Lipinski definition) is 4. The summed E-state index contributed by atoms with van der Waals surface area (Å²) in [7, 11) is -0.992. The van der Waals surface area contributed by atoms with Crippen LogP contribution < -0.4 is 10.2 Å². The average molecular weight is 270 g/mol. The summed E-state index contributed by atoms with van der Waals surface area (Å²) in [6.45, 7) is 4.42. The molecule has 0 bridgehead atoms. The molecule has 0 spiro atoms. The van der Waals surface area contributed by atoms with E-state index >= 15 is 0 Å². The maximum absolute atomic E-state index is 11.1. The molecular weight excluding hydrogens is 248 g/mol. The van der Waals surface area contributed by atoms with E-state index < -0.39 is 9.84 Å². The van der Waals surface area contributed by atoms with E-state index in [0.717, 1.165) is 18.8 Å². The van der Waals surface area contributed by atoms with Crippen LogP contribution in [0.25, 0.3) is 0 Å². The van der Waals surface area contributed by atoms with Gasteiger partial charge >= 0.3 is 0 Å². The van der Waals surface area contributed by atoms with Gasteiger partial charge in [0.2, 0.25) is 0 Å². The summed E-state index contributed by atoms with van der Waals surface area (Å²) in [5, 5.41) is 3.27. The Labute approximate surface area is 110 Å². The second-order valence-electron chi connectivity index (χ2n) is 4.50. The van der Waals surface area contributed by atoms with E-state index in [1.165, 1.54) is 11.8 Å². The van der Waals surface area contributed by atoms with Gasteiger partial charge < -0.3 is 10.2 Å². The molecule has 4 nitrogen and oxygen atoms in total. The Morgan fingerprint density at radius 2 is 1.83 bits per heavy atom. The van der Waals surface area contributed by atoms with Crippen LogP contribution in [0.3, 0.4) is 0 Å². The van der Waals surface area contributed by atoms with Crippen molar-refractivity contribution in [1.29, 1.82) is 0 Å². The number of hydrogen-bond donors (Lipinski definition) is 1. The first-order valence-electron chi connectivity index (χ1n) is 6.11. The second-order valence-corrected chi connectivity index (χ2v) is 6.76. The molecule has 102 valence electrons. The Morgan fingerprint density at radius 3 is 2.33 bits per heavy atom. The lowest BCUT2D eigenvalue weighted by molar-refractivity contribution is 0.601. The largest absolute Gasteiger partial charge is 0.374 e. The van der Waals surface area contributed by atoms with E-state index in [1.807, 2.05) is 24.1 Å². The van der Waals surface area contributed by atoms with Crippen molar-refractivity contribution in [2.45, 2.75) is 13.5 Å². The number of anilines is 1. The molecule has 0 unspecified atom stereocenters. The lowest BCUT2D eigenvalue weighted by Crippen LogP contribution is -2.24. The van der Waals surface area contributed by atoms with Gasteiger partial charge in [-0.15, -0.1) is 0 Å². The molecule has 1 aromatic carbocycles. The molecule has 18 heavy (non-hydrogen) atoms. The van der Waals surface area contributed by atoms with Crippen molar-refractivity contribution in [3.05, 3.63) is 29.8 Å². The zero-order valence-electron chi connectivity index (χ0n) is 11.3. The fourth-order valence-corrected chi connectivity index (χ4v) is 2.17. The quantitative estimate of drug-likeness (QED) is 0.811. The molecule has 0 saturated heterocycles. The second kappa shape index (κ2) is 6.75. The van der Waals surface area contributed by atoms with Crippen molar-refractivity contribution < 1.29 is 8.42 Å². The van der Waals surface area contributed by atoms with Gasteiger partial charge in [0.25, 0.3) is 0 Å². The predicted octanol–water partition coefficient (Wildman–Crippen LogP) is 1.28. The molecule has 0 heterocycles. The predicted molar refractivity (Wildman–Crippen MR) is 76.8 cm³/mol. The Kier molecular flexibility index (Phi) is 5.62. The van der Waals surface area contributed by atoms with Crippen LogP contribution in [0.5, 0.6) is 0 Å². The summed E-state index contributed by atoms with van der Waals surface area (Å²) in [5.74, 6) is 0.183. The molecule has 1 aromatic rings. The molecule has 0 aliphatic heterocycles. The lowest BCUT2D eigenvalue weighted by atomic mass is 10.2. The van der Waals surface area contributed by atoms with Gasteiger partial charge in [-0.1, -0.05) is 19.1 Å². The van der Waals surface area contributed by atoms with Crippen molar-refractivity contribution in [2.24, 2.45) is 0 Å². The topological polar surface area (TPSA) is 49.4 Å². The molecule has 0 radical (unpaired) electrons. The SMILES string of the molecule is CCNCc1ccc(N(C)CCS(C)(=O)=O)cc1. The monoisotopic (exact) mass is 270 g/mol. The smallest absolute Gasteiger partial charge is 0.149 e. The zero-order valence-corrected chi connectivity index (χ0v) is 12.1. The van der Waals surface area contributed by atoms with Crippen molar-refractivity contribution >= 4 is 15.5 Å². The highest BCUT2D eigenvalue weighted by Gasteiger charge is 2.06. The van der Waals surface area contributed by atoms with E-state index in [-0.39, 0.29) is 5.75 Å². The molecule has 0 aromatic heterocycles. The van der Waals surface area contributed by atoms with Gasteiger partial charge in [-0.2, -0.15) is 0 Å². The van der Waals surface area contributed by atoms with Gasteiger partial charge in [0, 0.05) is 32.1 Å². The van der Waals surface area contributed by atoms with Gasteiger partial charge in [-0.25, -0.2) is 8.42 Å². The van der Waals surface area contributed by atoms with Crippen LogP contribution in [-0.2, 0) is 16.4 Å². The Bertz CT molecular complexity index is 454. The third-order valence-electron chi connectivity index (χ3n) is 2.75. The average Bonchev–Trinajstić information content (AvgIpc) is 2.33. The van der Waals surface area contributed by atoms with E-state index in [4.69, 9.17) is 0 Å². The van der Waals surface area contributed by atoms with Crippen LogP contribution in [0.1, 0.15) is 12.5 Å². The number of benzene rings is 1. The highest BCUT2D eigenvalue weighted by molar-refractivity contribution is 7.90. The zero-order chi connectivity index (χ0) is 13.6. The van der Waals surface area contributed by atoms with Crippen molar-refractivity contribution in [2.75, 3.05) is 37.0 Å². The highest BCUT2D eigenvalue weighted by Crippen LogP contribution is 2.13. The standard InChI is InChI=1S/C13H22N2O2S/c1-4-14-11-12-5-7-13(8-6-12)15(2)9-10-18(3,16)17/h5-8,14H,4,9-11H2,1-3H3. The maximum Gasteiger partial charge on any atom is 0.149 e. The Hall–Kier alpha value is -1.07. The fraction of sp³-hybridized carbons (Fsp3) is 0.538. The van der Waals surface area contributed by atoms with Crippen LogP contribution in [0.2, 0.25) is 0 Å². The fourth-order valence-electron chi connectivity index (χ4n) is 1.57. The molecule has 0 amide bonds. The summed E-state index contributed by atoms with van der Waals surface area (Å²) in [5.41, 5.74) is 2.27. The third kappa shape index (κ3) is 5.51. The maximum atomic E-state index is 11.1. The normalized spacial score (nSPS) is 11.5. The van der Waals surface area contributed by atoms with Gasteiger partial charge in [0.1, 0.15) is 9.84 Å². The molecule has 0 aliphatic carbocycles. The molecule has 0 atom stereocenters. The molecule has 0 aliphatic rings. The first-order chi connectivity index (χ1) is 8.42.